The Morgan fingerprint density at radius 1 is 0.553 bits per heavy atom. The van der Waals surface area contributed by atoms with Crippen molar-refractivity contribution in [2.75, 3.05) is 0 Å². The summed E-state index contributed by atoms with van der Waals surface area (Å²) in [7, 11) is 0. The van der Waals surface area contributed by atoms with E-state index in [1.165, 1.54) is 44.5 Å². The summed E-state index contributed by atoms with van der Waals surface area (Å²) in [5.41, 5.74) is 11.5. The quantitative estimate of drug-likeness (QED) is 0.298. The third-order valence-electron chi connectivity index (χ3n) is 7.41. The van der Waals surface area contributed by atoms with Crippen LogP contribution < -0.4 is 24.8 Å². The maximum Gasteiger partial charge on any atom is -1.00 e. The van der Waals surface area contributed by atoms with E-state index in [0.717, 1.165) is 8.95 Å². The molecule has 0 spiro atoms. The van der Waals surface area contributed by atoms with Crippen molar-refractivity contribution in [3.8, 4) is 0 Å². The molecule has 0 radical (unpaired) electrons. The van der Waals surface area contributed by atoms with Gasteiger partial charge in [0.25, 0.3) is 0 Å². The van der Waals surface area contributed by atoms with E-state index in [2.05, 4.69) is 155 Å². The predicted molar refractivity (Wildman–Crippen MR) is 159 cm³/mol. The zero-order valence-corrected chi connectivity index (χ0v) is 28.2. The monoisotopic (exact) mass is 740 g/mol. The van der Waals surface area contributed by atoms with Crippen LogP contribution in [-0.4, -0.2) is 3.21 Å². The number of halogens is 4. The van der Waals surface area contributed by atoms with Gasteiger partial charge in [0.1, 0.15) is 0 Å². The molecule has 0 aromatic heterocycles. The van der Waals surface area contributed by atoms with Crippen molar-refractivity contribution in [2.45, 2.75) is 21.1 Å². The average Bonchev–Trinajstić information content (AvgIpc) is 3.45. The summed E-state index contributed by atoms with van der Waals surface area (Å²) in [5, 5.41) is 0. The van der Waals surface area contributed by atoms with Gasteiger partial charge in [0.2, 0.25) is 0 Å². The zero-order valence-electron chi connectivity index (χ0n) is 21.1. The molecule has 0 fully saturated rings. The van der Waals surface area contributed by atoms with E-state index in [1.54, 1.807) is 3.21 Å². The minimum atomic E-state index is -2.41. The first-order chi connectivity index (χ1) is 17.5. The molecule has 4 aromatic rings. The number of hydrogen-bond donors (Lipinski definition) is 0. The Morgan fingerprint density at radius 2 is 0.921 bits per heavy atom. The summed E-state index contributed by atoms with van der Waals surface area (Å²) in [5.74, 6) is 0. The number of rotatable bonds is 4. The maximum atomic E-state index is 3.64. The van der Waals surface area contributed by atoms with E-state index in [-0.39, 0.29) is 24.8 Å². The molecule has 0 aliphatic heterocycles. The third kappa shape index (κ3) is 5.48. The standard InChI is InChI=1S/2C15H10Br.C3H6.2ClH.Zr/c2*16-15-7-5-11(6-8-15)14-9-12-3-1-2-4-13(12)10-14;1-3-2;;;/h2*1-10H;1-2H3;2*1H;/q;;;;;+2/p-2. The molecule has 2 aliphatic rings. The van der Waals surface area contributed by atoms with Crippen molar-refractivity contribution in [3.63, 3.8) is 0 Å². The van der Waals surface area contributed by atoms with E-state index in [9.17, 15) is 0 Å². The molecule has 0 amide bonds. The van der Waals surface area contributed by atoms with Crippen LogP contribution >= 0.6 is 31.9 Å². The normalized spacial score (nSPS) is 16.6. The third-order valence-corrected chi connectivity index (χ3v) is 17.4. The number of fused-ring (bicyclic) bond motifs is 2. The SMILES string of the molecule is C[C](C)=[Zr+2]([CH]1C(c2ccc(Br)cc2)=Cc2ccccc21)[CH]1C(c2ccc(Br)cc2)=Cc2ccccc21.[Cl-].[Cl-]. The largest absolute Gasteiger partial charge is 1.00 e. The van der Waals surface area contributed by atoms with Crippen LogP contribution in [0.1, 0.15) is 54.5 Å². The molecule has 6 rings (SSSR count). The van der Waals surface area contributed by atoms with Gasteiger partial charge in [0.05, 0.1) is 0 Å². The smallest absolute Gasteiger partial charge is 1.00 e. The summed E-state index contributed by atoms with van der Waals surface area (Å²) in [4.78, 5) is 0. The molecule has 2 atom stereocenters. The molecule has 0 N–H and O–H groups in total. The van der Waals surface area contributed by atoms with Crippen molar-refractivity contribution in [3.05, 3.63) is 139 Å². The maximum absolute atomic E-state index is 3.64. The minimum Gasteiger partial charge on any atom is -1.00 e. The molecule has 0 saturated heterocycles. The molecule has 0 saturated carbocycles. The van der Waals surface area contributed by atoms with Crippen molar-refractivity contribution in [1.82, 2.24) is 0 Å². The summed E-state index contributed by atoms with van der Waals surface area (Å²) < 4.78 is 4.86. The van der Waals surface area contributed by atoms with Crippen LogP contribution in [0, 0.1) is 0 Å². The van der Waals surface area contributed by atoms with Crippen LogP contribution in [-0.2, 0) is 21.3 Å². The van der Waals surface area contributed by atoms with Gasteiger partial charge in [0.15, 0.2) is 0 Å². The Labute approximate surface area is 262 Å². The predicted octanol–water partition coefficient (Wildman–Crippen LogP) is 3.94. The van der Waals surface area contributed by atoms with E-state index >= 15 is 0 Å². The van der Waals surface area contributed by atoms with Gasteiger partial charge in [0, 0.05) is 0 Å². The Kier molecular flexibility index (Phi) is 9.70. The van der Waals surface area contributed by atoms with E-state index in [0.29, 0.717) is 7.25 Å². The topological polar surface area (TPSA) is 0 Å². The second-order valence-electron chi connectivity index (χ2n) is 9.79. The van der Waals surface area contributed by atoms with E-state index < -0.39 is 21.3 Å². The molecule has 38 heavy (non-hydrogen) atoms. The van der Waals surface area contributed by atoms with Crippen LogP contribution in [0.15, 0.2) is 106 Å². The van der Waals surface area contributed by atoms with E-state index in [1.807, 2.05) is 0 Å². The van der Waals surface area contributed by atoms with E-state index in [4.69, 9.17) is 0 Å². The molecular weight excluding hydrogens is 718 g/mol. The van der Waals surface area contributed by atoms with Crippen LogP contribution in [0.3, 0.4) is 0 Å². The molecule has 5 heteroatoms. The Balaban J connectivity index is 0.00000168. The second-order valence-corrected chi connectivity index (χ2v) is 19.2. The van der Waals surface area contributed by atoms with Gasteiger partial charge in [-0.3, -0.25) is 0 Å². The first-order valence-corrected chi connectivity index (χ1v) is 18.0. The summed E-state index contributed by atoms with van der Waals surface area (Å²) >= 11 is 4.86. The molecule has 0 bridgehead atoms. The summed E-state index contributed by atoms with van der Waals surface area (Å²) in [6.07, 6.45) is 4.94. The van der Waals surface area contributed by atoms with Gasteiger partial charge >= 0.3 is 240 Å². The molecule has 4 aromatic carbocycles. The first-order valence-electron chi connectivity index (χ1n) is 12.3. The first kappa shape index (κ1) is 29.6. The van der Waals surface area contributed by atoms with Gasteiger partial charge in [-0.15, -0.1) is 0 Å². The van der Waals surface area contributed by atoms with Gasteiger partial charge in [-0.1, -0.05) is 0 Å². The zero-order chi connectivity index (χ0) is 24.8. The average molecular weight is 745 g/mol. The van der Waals surface area contributed by atoms with Crippen molar-refractivity contribution in [1.29, 1.82) is 0 Å². The Morgan fingerprint density at radius 3 is 1.29 bits per heavy atom. The summed E-state index contributed by atoms with van der Waals surface area (Å²) in [6, 6.07) is 36.0. The number of hydrogen-bond acceptors (Lipinski definition) is 0. The van der Waals surface area contributed by atoms with Crippen LogP contribution in [0.5, 0.6) is 0 Å². The fourth-order valence-corrected chi connectivity index (χ4v) is 15.8. The second kappa shape index (κ2) is 12.4. The Hall–Kier alpha value is -1.35. The van der Waals surface area contributed by atoms with Crippen molar-refractivity contribution in [2.24, 2.45) is 0 Å². The summed E-state index contributed by atoms with van der Waals surface area (Å²) in [6.45, 7) is 4.82. The molecule has 190 valence electrons. The van der Waals surface area contributed by atoms with Gasteiger partial charge in [-0.2, -0.15) is 0 Å². The molecule has 2 aliphatic carbocycles. The molecular formula is C33H26Br2Cl2Zr. The van der Waals surface area contributed by atoms with Gasteiger partial charge in [-0.05, 0) is 0 Å². The number of benzene rings is 4. The van der Waals surface area contributed by atoms with Crippen LogP contribution in [0.4, 0.5) is 0 Å². The Bertz CT molecular complexity index is 1450. The van der Waals surface area contributed by atoms with Crippen LogP contribution in [0.2, 0.25) is 0 Å². The fraction of sp³-hybridized carbons (Fsp3) is 0.121. The van der Waals surface area contributed by atoms with Crippen molar-refractivity contribution >= 4 is 58.4 Å². The number of allylic oxidation sites excluding steroid dienone is 2. The molecule has 0 nitrogen and oxygen atoms in total. The van der Waals surface area contributed by atoms with Crippen molar-refractivity contribution < 1.29 is 46.1 Å². The molecule has 0 heterocycles. The fourth-order valence-electron chi connectivity index (χ4n) is 5.85. The van der Waals surface area contributed by atoms with Crippen LogP contribution in [0.25, 0.3) is 23.3 Å². The minimum absolute atomic E-state index is 0. The van der Waals surface area contributed by atoms with Gasteiger partial charge < -0.3 is 24.8 Å². The van der Waals surface area contributed by atoms with Gasteiger partial charge in [-0.25, -0.2) is 0 Å². The molecule has 2 unspecified atom stereocenters.